The Hall–Kier alpha value is -2.21. The third-order valence-electron chi connectivity index (χ3n) is 2.35. The van der Waals surface area contributed by atoms with E-state index in [1.54, 1.807) is 19.2 Å². The van der Waals surface area contributed by atoms with Crippen molar-refractivity contribution in [1.29, 1.82) is 0 Å². The SMILES string of the molecule is Cc1nccc2[nH]c(=O)c(C(=O)NN)cc12. The lowest BCUT2D eigenvalue weighted by Crippen LogP contribution is -2.34. The maximum Gasteiger partial charge on any atom is 0.270 e. The van der Waals surface area contributed by atoms with Gasteiger partial charge in [-0.1, -0.05) is 0 Å². The Morgan fingerprint density at radius 1 is 1.56 bits per heavy atom. The maximum atomic E-state index is 11.6. The van der Waals surface area contributed by atoms with Gasteiger partial charge in [0.25, 0.3) is 11.5 Å². The number of hydrogen-bond acceptors (Lipinski definition) is 4. The van der Waals surface area contributed by atoms with Gasteiger partial charge < -0.3 is 4.98 Å². The minimum absolute atomic E-state index is 0.0221. The highest BCUT2D eigenvalue weighted by Crippen LogP contribution is 2.13. The van der Waals surface area contributed by atoms with E-state index in [2.05, 4.69) is 9.97 Å². The molecule has 0 radical (unpaired) electrons. The van der Waals surface area contributed by atoms with Crippen LogP contribution in [-0.2, 0) is 0 Å². The lowest BCUT2D eigenvalue weighted by atomic mass is 10.1. The number of aryl methyl sites for hydroxylation is 1. The van der Waals surface area contributed by atoms with Crippen LogP contribution in [0.3, 0.4) is 0 Å². The Bertz CT molecular complexity index is 618. The zero-order valence-electron chi connectivity index (χ0n) is 8.57. The second kappa shape index (κ2) is 3.74. The lowest BCUT2D eigenvalue weighted by molar-refractivity contribution is 0.0952. The van der Waals surface area contributed by atoms with Crippen LogP contribution in [0, 0.1) is 6.92 Å². The van der Waals surface area contributed by atoms with E-state index in [4.69, 9.17) is 5.84 Å². The van der Waals surface area contributed by atoms with Crippen molar-refractivity contribution < 1.29 is 4.79 Å². The fraction of sp³-hybridized carbons (Fsp3) is 0.100. The van der Waals surface area contributed by atoms with E-state index in [1.165, 1.54) is 6.07 Å². The van der Waals surface area contributed by atoms with Gasteiger partial charge in [-0.25, -0.2) is 5.84 Å². The van der Waals surface area contributed by atoms with Gasteiger partial charge in [-0.05, 0) is 19.1 Å². The number of amides is 1. The molecule has 0 bridgehead atoms. The monoisotopic (exact) mass is 218 g/mol. The second-order valence-electron chi connectivity index (χ2n) is 3.34. The number of nitrogens with one attached hydrogen (secondary N) is 2. The topological polar surface area (TPSA) is 101 Å². The summed E-state index contributed by atoms with van der Waals surface area (Å²) in [6.45, 7) is 1.80. The third kappa shape index (κ3) is 1.55. The molecule has 2 heterocycles. The molecule has 16 heavy (non-hydrogen) atoms. The van der Waals surface area contributed by atoms with Crippen molar-refractivity contribution in [3.63, 3.8) is 0 Å². The van der Waals surface area contributed by atoms with Crippen molar-refractivity contribution in [3.05, 3.63) is 39.9 Å². The molecule has 0 aliphatic heterocycles. The molecule has 0 saturated carbocycles. The van der Waals surface area contributed by atoms with Crippen LogP contribution in [0.15, 0.2) is 23.1 Å². The van der Waals surface area contributed by atoms with E-state index in [0.29, 0.717) is 5.52 Å². The first-order chi connectivity index (χ1) is 7.63. The van der Waals surface area contributed by atoms with E-state index in [-0.39, 0.29) is 5.56 Å². The van der Waals surface area contributed by atoms with Crippen LogP contribution in [0.5, 0.6) is 0 Å². The number of H-pyrrole nitrogens is 1. The smallest absolute Gasteiger partial charge is 0.270 e. The summed E-state index contributed by atoms with van der Waals surface area (Å²) in [6.07, 6.45) is 1.59. The summed E-state index contributed by atoms with van der Waals surface area (Å²) in [5, 5.41) is 0.723. The molecular weight excluding hydrogens is 208 g/mol. The van der Waals surface area contributed by atoms with Gasteiger partial charge >= 0.3 is 0 Å². The summed E-state index contributed by atoms with van der Waals surface area (Å²) >= 11 is 0. The molecule has 0 aromatic carbocycles. The van der Waals surface area contributed by atoms with Crippen molar-refractivity contribution >= 4 is 16.8 Å². The van der Waals surface area contributed by atoms with Crippen LogP contribution in [0.1, 0.15) is 16.1 Å². The lowest BCUT2D eigenvalue weighted by Gasteiger charge is -2.03. The summed E-state index contributed by atoms with van der Waals surface area (Å²) in [4.78, 5) is 29.5. The van der Waals surface area contributed by atoms with Gasteiger partial charge in [0.15, 0.2) is 0 Å². The average molecular weight is 218 g/mol. The predicted octanol–water partition coefficient (Wildman–Crippen LogP) is -0.165. The third-order valence-corrected chi connectivity index (χ3v) is 2.35. The normalized spacial score (nSPS) is 10.4. The predicted molar refractivity (Wildman–Crippen MR) is 58.8 cm³/mol. The Balaban J connectivity index is 2.79. The van der Waals surface area contributed by atoms with Crippen LogP contribution >= 0.6 is 0 Å². The molecule has 0 aliphatic rings. The average Bonchev–Trinajstić information content (AvgIpc) is 2.28. The number of fused-ring (bicyclic) bond motifs is 1. The van der Waals surface area contributed by atoms with Gasteiger partial charge in [-0.3, -0.25) is 20.0 Å². The fourth-order valence-corrected chi connectivity index (χ4v) is 1.51. The molecule has 0 aliphatic carbocycles. The standard InChI is InChI=1S/C10H10N4O2/c1-5-6-4-7(10(16)14-11)9(15)13-8(6)2-3-12-5/h2-4H,11H2,1H3,(H,13,15)(H,14,16). The molecule has 0 unspecified atom stereocenters. The second-order valence-corrected chi connectivity index (χ2v) is 3.34. The molecule has 0 saturated heterocycles. The van der Waals surface area contributed by atoms with Crippen molar-refractivity contribution in [2.45, 2.75) is 6.92 Å². The van der Waals surface area contributed by atoms with Gasteiger partial charge in [-0.2, -0.15) is 0 Å². The highest BCUT2D eigenvalue weighted by molar-refractivity contribution is 5.97. The zero-order chi connectivity index (χ0) is 11.7. The number of carbonyl (C=O) groups excluding carboxylic acids is 1. The number of nitrogens with two attached hydrogens (primary N) is 1. The van der Waals surface area contributed by atoms with E-state index in [9.17, 15) is 9.59 Å². The summed E-state index contributed by atoms with van der Waals surface area (Å²) in [5.74, 6) is 4.37. The first-order valence-corrected chi connectivity index (χ1v) is 4.63. The molecule has 4 N–H and O–H groups in total. The highest BCUT2D eigenvalue weighted by Gasteiger charge is 2.11. The van der Waals surface area contributed by atoms with Crippen molar-refractivity contribution in [2.75, 3.05) is 0 Å². The maximum absolute atomic E-state index is 11.6. The van der Waals surface area contributed by atoms with Crippen molar-refractivity contribution in [2.24, 2.45) is 5.84 Å². The van der Waals surface area contributed by atoms with Crippen LogP contribution < -0.4 is 16.8 Å². The Kier molecular flexibility index (Phi) is 2.41. The summed E-state index contributed by atoms with van der Waals surface area (Å²) in [7, 11) is 0. The quantitative estimate of drug-likeness (QED) is 0.351. The molecule has 6 nitrogen and oxygen atoms in total. The first kappa shape index (κ1) is 10.3. The van der Waals surface area contributed by atoms with Crippen LogP contribution in [-0.4, -0.2) is 15.9 Å². The highest BCUT2D eigenvalue weighted by atomic mass is 16.2. The van der Waals surface area contributed by atoms with E-state index < -0.39 is 11.5 Å². The zero-order valence-corrected chi connectivity index (χ0v) is 8.57. The molecule has 2 aromatic heterocycles. The number of aromatic nitrogens is 2. The number of carbonyl (C=O) groups is 1. The Morgan fingerprint density at radius 3 is 3.00 bits per heavy atom. The number of nitrogen functional groups attached to an aromatic ring is 1. The molecule has 1 amide bonds. The number of hydrogen-bond donors (Lipinski definition) is 3. The summed E-state index contributed by atoms with van der Waals surface area (Å²) in [6, 6.07) is 3.16. The van der Waals surface area contributed by atoms with Crippen molar-refractivity contribution in [1.82, 2.24) is 15.4 Å². The first-order valence-electron chi connectivity index (χ1n) is 4.63. The molecular formula is C10H10N4O2. The van der Waals surface area contributed by atoms with Gasteiger partial charge in [-0.15, -0.1) is 0 Å². The molecule has 0 fully saturated rings. The Labute approximate surface area is 90.5 Å². The summed E-state index contributed by atoms with van der Waals surface area (Å²) in [5.41, 5.74) is 2.81. The number of nitrogens with zero attached hydrogens (tertiary/aromatic N) is 1. The molecule has 2 rings (SSSR count). The molecule has 82 valence electrons. The molecule has 6 heteroatoms. The van der Waals surface area contributed by atoms with Gasteiger partial charge in [0, 0.05) is 17.3 Å². The number of hydrazine groups is 1. The van der Waals surface area contributed by atoms with E-state index in [1.807, 2.05) is 5.43 Å². The van der Waals surface area contributed by atoms with E-state index >= 15 is 0 Å². The molecule has 0 spiro atoms. The molecule has 2 aromatic rings. The van der Waals surface area contributed by atoms with E-state index in [0.717, 1.165) is 11.1 Å². The van der Waals surface area contributed by atoms with Crippen LogP contribution in [0.25, 0.3) is 10.9 Å². The number of rotatable bonds is 1. The summed E-state index contributed by atoms with van der Waals surface area (Å²) < 4.78 is 0. The van der Waals surface area contributed by atoms with Gasteiger partial charge in [0.1, 0.15) is 5.56 Å². The fourth-order valence-electron chi connectivity index (χ4n) is 1.51. The van der Waals surface area contributed by atoms with Crippen molar-refractivity contribution in [3.8, 4) is 0 Å². The van der Waals surface area contributed by atoms with Gasteiger partial charge in [0.05, 0.1) is 5.52 Å². The number of pyridine rings is 2. The molecule has 0 atom stereocenters. The van der Waals surface area contributed by atoms with Crippen LogP contribution in [0.4, 0.5) is 0 Å². The minimum atomic E-state index is -0.619. The van der Waals surface area contributed by atoms with Crippen LogP contribution in [0.2, 0.25) is 0 Å². The Morgan fingerprint density at radius 2 is 2.31 bits per heavy atom. The minimum Gasteiger partial charge on any atom is -0.321 e. The number of aromatic amines is 1. The van der Waals surface area contributed by atoms with Gasteiger partial charge in [0.2, 0.25) is 0 Å². The largest absolute Gasteiger partial charge is 0.321 e.